The normalized spacial score (nSPS) is 22.9. The quantitative estimate of drug-likeness (QED) is 0.602. The van der Waals surface area contributed by atoms with Gasteiger partial charge >= 0.3 is 0 Å². The number of benzene rings is 1. The fraction of sp³-hybridized carbons (Fsp3) is 0.385. The topological polar surface area (TPSA) is 98.1 Å². The lowest BCUT2D eigenvalue weighted by Crippen LogP contribution is -2.30. The average molecular weight is 315 g/mol. The lowest BCUT2D eigenvalue weighted by atomic mass is 10.2. The highest BCUT2D eigenvalue weighted by Gasteiger charge is 2.37. The third-order valence-corrected chi connectivity index (χ3v) is 4.93. The maximum absolute atomic E-state index is 13.8. The second-order valence-electron chi connectivity index (χ2n) is 4.56. The summed E-state index contributed by atoms with van der Waals surface area (Å²) in [6, 6.07) is 3.22. The Hall–Kier alpha value is -1.50. The minimum absolute atomic E-state index is 0.0236. The molecule has 0 aromatic heterocycles. The van der Waals surface area contributed by atoms with E-state index < -0.39 is 34.7 Å². The van der Waals surface area contributed by atoms with Gasteiger partial charge in [0.1, 0.15) is 12.4 Å². The zero-order valence-corrected chi connectivity index (χ0v) is 11.7. The maximum Gasteiger partial charge on any atom is 0.243 e. The number of hydrogen-bond acceptors (Lipinski definition) is 5. The predicted octanol–water partition coefficient (Wildman–Crippen LogP) is -1.10. The molecule has 0 radical (unpaired) electrons. The van der Waals surface area contributed by atoms with Crippen molar-refractivity contribution in [2.24, 2.45) is 0 Å². The van der Waals surface area contributed by atoms with E-state index >= 15 is 0 Å². The maximum atomic E-state index is 13.8. The molecule has 1 aromatic rings. The monoisotopic (exact) mass is 315 g/mol. The SMILES string of the molecule is O=S(=O)(c1ccc(C#CCO)c(F)c1)N1CC(O)C(O)C1. The molecule has 2 unspecified atom stereocenters. The molecule has 1 aromatic carbocycles. The first-order chi connectivity index (χ1) is 9.86. The number of rotatable bonds is 2. The zero-order valence-electron chi connectivity index (χ0n) is 10.9. The second kappa shape index (κ2) is 6.09. The van der Waals surface area contributed by atoms with Crippen molar-refractivity contribution >= 4 is 10.0 Å². The van der Waals surface area contributed by atoms with Crippen LogP contribution in [0.5, 0.6) is 0 Å². The molecule has 1 aliphatic rings. The summed E-state index contributed by atoms with van der Waals surface area (Å²) in [6.45, 7) is -0.905. The van der Waals surface area contributed by atoms with Crippen molar-refractivity contribution in [1.82, 2.24) is 4.31 Å². The number of nitrogens with zero attached hydrogens (tertiary/aromatic N) is 1. The van der Waals surface area contributed by atoms with Crippen molar-refractivity contribution in [2.45, 2.75) is 17.1 Å². The van der Waals surface area contributed by atoms with Gasteiger partial charge in [0.05, 0.1) is 22.7 Å². The van der Waals surface area contributed by atoms with Crippen LogP contribution < -0.4 is 0 Å². The van der Waals surface area contributed by atoms with Crippen LogP contribution in [0.25, 0.3) is 0 Å². The summed E-state index contributed by atoms with van der Waals surface area (Å²) in [6.07, 6.45) is -2.31. The van der Waals surface area contributed by atoms with Crippen LogP contribution in [0.2, 0.25) is 0 Å². The molecule has 0 bridgehead atoms. The Bertz CT molecular complexity index is 684. The van der Waals surface area contributed by atoms with Gasteiger partial charge in [-0.15, -0.1) is 0 Å². The highest BCUT2D eigenvalue weighted by atomic mass is 32.2. The lowest BCUT2D eigenvalue weighted by Gasteiger charge is -2.15. The molecule has 1 heterocycles. The van der Waals surface area contributed by atoms with Crippen LogP contribution in [0.15, 0.2) is 23.1 Å². The van der Waals surface area contributed by atoms with Gasteiger partial charge in [0.2, 0.25) is 10.0 Å². The molecule has 1 aliphatic heterocycles. The van der Waals surface area contributed by atoms with E-state index in [9.17, 15) is 23.0 Å². The summed E-state index contributed by atoms with van der Waals surface area (Å²) in [5.74, 6) is 3.81. The molecule has 0 amide bonds. The van der Waals surface area contributed by atoms with Gasteiger partial charge in [-0.2, -0.15) is 4.31 Å². The number of sulfonamides is 1. The Labute approximate surface area is 121 Å². The first kappa shape index (κ1) is 15.9. The first-order valence-corrected chi connectivity index (χ1v) is 7.56. The summed E-state index contributed by atoms with van der Waals surface area (Å²) in [5.41, 5.74) is -0.0236. The Morgan fingerprint density at radius 1 is 1.29 bits per heavy atom. The highest BCUT2D eigenvalue weighted by molar-refractivity contribution is 7.89. The van der Waals surface area contributed by atoms with Gasteiger partial charge in [-0.25, -0.2) is 12.8 Å². The predicted molar refractivity (Wildman–Crippen MR) is 71.1 cm³/mol. The minimum atomic E-state index is -3.99. The van der Waals surface area contributed by atoms with Crippen LogP contribution in [0, 0.1) is 17.7 Å². The molecule has 3 N–H and O–H groups in total. The first-order valence-electron chi connectivity index (χ1n) is 6.12. The van der Waals surface area contributed by atoms with Crippen LogP contribution in [-0.4, -0.2) is 59.9 Å². The van der Waals surface area contributed by atoms with E-state index in [2.05, 4.69) is 11.8 Å². The third-order valence-electron chi connectivity index (χ3n) is 3.11. The molecule has 1 saturated heterocycles. The van der Waals surface area contributed by atoms with Crippen molar-refractivity contribution < 1.29 is 28.1 Å². The summed E-state index contributed by atoms with van der Waals surface area (Å²) in [4.78, 5) is -0.282. The van der Waals surface area contributed by atoms with Crippen LogP contribution in [-0.2, 0) is 10.0 Å². The molecule has 1 fully saturated rings. The van der Waals surface area contributed by atoms with Gasteiger partial charge in [-0.05, 0) is 18.2 Å². The van der Waals surface area contributed by atoms with Crippen molar-refractivity contribution in [3.05, 3.63) is 29.6 Å². The van der Waals surface area contributed by atoms with Gasteiger partial charge in [0.25, 0.3) is 0 Å². The van der Waals surface area contributed by atoms with E-state index in [1.54, 1.807) is 0 Å². The summed E-state index contributed by atoms with van der Waals surface area (Å²) in [7, 11) is -3.99. The number of aliphatic hydroxyl groups excluding tert-OH is 3. The van der Waals surface area contributed by atoms with E-state index in [-0.39, 0.29) is 23.5 Å². The Balaban J connectivity index is 2.31. The van der Waals surface area contributed by atoms with Crippen molar-refractivity contribution in [3.63, 3.8) is 0 Å². The van der Waals surface area contributed by atoms with E-state index in [0.717, 1.165) is 10.4 Å². The summed E-state index contributed by atoms with van der Waals surface area (Å²) < 4.78 is 39.2. The van der Waals surface area contributed by atoms with E-state index in [4.69, 9.17) is 5.11 Å². The molecular weight excluding hydrogens is 301 g/mol. The number of hydrogen-bond donors (Lipinski definition) is 3. The van der Waals surface area contributed by atoms with Crippen LogP contribution in [0.1, 0.15) is 5.56 Å². The molecule has 21 heavy (non-hydrogen) atoms. The smallest absolute Gasteiger partial charge is 0.243 e. The minimum Gasteiger partial charge on any atom is -0.389 e. The molecule has 2 rings (SSSR count). The van der Waals surface area contributed by atoms with E-state index in [1.165, 1.54) is 12.1 Å². The van der Waals surface area contributed by atoms with Crippen molar-refractivity contribution in [3.8, 4) is 11.8 Å². The molecular formula is C13H14FNO5S. The fourth-order valence-electron chi connectivity index (χ4n) is 1.97. The van der Waals surface area contributed by atoms with E-state index in [1.807, 2.05) is 0 Å². The van der Waals surface area contributed by atoms with Crippen molar-refractivity contribution in [2.75, 3.05) is 19.7 Å². The fourth-order valence-corrected chi connectivity index (χ4v) is 3.46. The Morgan fingerprint density at radius 2 is 1.90 bits per heavy atom. The molecule has 2 atom stereocenters. The Kier molecular flexibility index (Phi) is 4.61. The number of halogens is 1. The van der Waals surface area contributed by atoms with Gasteiger partial charge in [-0.1, -0.05) is 11.8 Å². The number of aliphatic hydroxyl groups is 3. The molecule has 0 spiro atoms. The van der Waals surface area contributed by atoms with E-state index in [0.29, 0.717) is 0 Å². The second-order valence-corrected chi connectivity index (χ2v) is 6.50. The zero-order chi connectivity index (χ0) is 15.6. The van der Waals surface area contributed by atoms with Crippen LogP contribution in [0.3, 0.4) is 0 Å². The van der Waals surface area contributed by atoms with Gasteiger partial charge in [0, 0.05) is 13.1 Å². The summed E-state index contributed by atoms with van der Waals surface area (Å²) in [5, 5.41) is 27.4. The average Bonchev–Trinajstić information content (AvgIpc) is 2.78. The van der Waals surface area contributed by atoms with Crippen molar-refractivity contribution in [1.29, 1.82) is 0 Å². The highest BCUT2D eigenvalue weighted by Crippen LogP contribution is 2.23. The molecule has 0 aliphatic carbocycles. The molecule has 6 nitrogen and oxygen atoms in total. The molecule has 114 valence electrons. The van der Waals surface area contributed by atoms with Crippen LogP contribution in [0.4, 0.5) is 4.39 Å². The summed E-state index contributed by atoms with van der Waals surface area (Å²) >= 11 is 0. The van der Waals surface area contributed by atoms with Gasteiger partial charge < -0.3 is 15.3 Å². The van der Waals surface area contributed by atoms with Gasteiger partial charge in [0.15, 0.2) is 0 Å². The Morgan fingerprint density at radius 3 is 2.43 bits per heavy atom. The lowest BCUT2D eigenvalue weighted by molar-refractivity contribution is 0.0572. The van der Waals surface area contributed by atoms with Gasteiger partial charge in [-0.3, -0.25) is 0 Å². The van der Waals surface area contributed by atoms with Crippen LogP contribution >= 0.6 is 0 Å². The third kappa shape index (κ3) is 3.23. The standard InChI is InChI=1S/C13H14FNO5S/c14-11-6-10(4-3-9(11)2-1-5-16)21(19,20)15-7-12(17)13(18)8-15/h3-4,6,12-13,16-18H,5,7-8H2. The molecule has 0 saturated carbocycles. The molecule has 8 heteroatoms. The largest absolute Gasteiger partial charge is 0.389 e. The number of β-amino-alcohol motifs (C(OH)–C–C–N with tert-alkyl or cyclic N) is 2.